The van der Waals surface area contributed by atoms with Gasteiger partial charge >= 0.3 is 5.97 Å². The predicted octanol–water partition coefficient (Wildman–Crippen LogP) is 2.92. The molecule has 0 saturated heterocycles. The Labute approximate surface area is 82.3 Å². The summed E-state index contributed by atoms with van der Waals surface area (Å²) in [6, 6.07) is 0. The van der Waals surface area contributed by atoms with Crippen molar-refractivity contribution in [2.75, 3.05) is 0 Å². The third-order valence-electron chi connectivity index (χ3n) is 3.21. The lowest BCUT2D eigenvalue weighted by Crippen LogP contribution is -2.39. The van der Waals surface area contributed by atoms with Crippen molar-refractivity contribution in [3.8, 4) is 0 Å². The smallest absolute Gasteiger partial charge is 0.309 e. The number of carbonyl (C=O) groups is 1. The number of halogens is 2. The molecule has 0 aliphatic heterocycles. The second kappa shape index (κ2) is 3.48. The van der Waals surface area contributed by atoms with Gasteiger partial charge in [0, 0.05) is 12.8 Å². The fraction of sp³-hybridized carbons (Fsp3) is 0.900. The molecule has 82 valence electrons. The molecule has 4 heteroatoms. The minimum atomic E-state index is -2.67. The lowest BCUT2D eigenvalue weighted by Gasteiger charge is -2.36. The molecule has 0 heterocycles. The lowest BCUT2D eigenvalue weighted by molar-refractivity contribution is -0.154. The van der Waals surface area contributed by atoms with Gasteiger partial charge in [0.15, 0.2) is 0 Å². The van der Waals surface area contributed by atoms with E-state index in [0.717, 1.165) is 0 Å². The molecule has 2 nitrogen and oxygen atoms in total. The van der Waals surface area contributed by atoms with Gasteiger partial charge in [-0.15, -0.1) is 0 Å². The number of aliphatic carboxylic acids is 1. The van der Waals surface area contributed by atoms with Gasteiger partial charge in [-0.3, -0.25) is 4.79 Å². The molecule has 14 heavy (non-hydrogen) atoms. The van der Waals surface area contributed by atoms with Crippen molar-refractivity contribution in [1.29, 1.82) is 0 Å². The van der Waals surface area contributed by atoms with E-state index in [1.165, 1.54) is 13.8 Å². The fourth-order valence-corrected chi connectivity index (χ4v) is 1.96. The first-order chi connectivity index (χ1) is 6.26. The Morgan fingerprint density at radius 1 is 1.50 bits per heavy atom. The average molecular weight is 206 g/mol. The minimum Gasteiger partial charge on any atom is -0.481 e. The van der Waals surface area contributed by atoms with Gasteiger partial charge < -0.3 is 5.11 Å². The van der Waals surface area contributed by atoms with Crippen LogP contribution in [0, 0.1) is 11.3 Å². The summed E-state index contributed by atoms with van der Waals surface area (Å²) in [6.45, 7) is 3.06. The Morgan fingerprint density at radius 3 is 2.50 bits per heavy atom. The Hall–Kier alpha value is -0.670. The molecule has 0 radical (unpaired) electrons. The molecule has 0 amide bonds. The quantitative estimate of drug-likeness (QED) is 0.754. The topological polar surface area (TPSA) is 37.3 Å². The minimum absolute atomic E-state index is 0.0980. The molecule has 0 spiro atoms. The Kier molecular flexibility index (Phi) is 2.83. The molecular formula is C10H16F2O2. The summed E-state index contributed by atoms with van der Waals surface area (Å²) in [5, 5.41) is 8.92. The van der Waals surface area contributed by atoms with Gasteiger partial charge in [0.1, 0.15) is 0 Å². The maximum absolute atomic E-state index is 13.1. The van der Waals surface area contributed by atoms with Crippen LogP contribution in [0.2, 0.25) is 0 Å². The van der Waals surface area contributed by atoms with E-state index < -0.39 is 23.2 Å². The normalized spacial score (nSPS) is 27.3. The van der Waals surface area contributed by atoms with Crippen LogP contribution in [-0.2, 0) is 4.79 Å². The number of hydrogen-bond acceptors (Lipinski definition) is 1. The maximum Gasteiger partial charge on any atom is 0.309 e. The van der Waals surface area contributed by atoms with Crippen LogP contribution < -0.4 is 0 Å². The summed E-state index contributed by atoms with van der Waals surface area (Å²) in [5.74, 6) is -4.07. The molecule has 0 aromatic heterocycles. The molecule has 1 aliphatic rings. The second-order valence-electron chi connectivity index (χ2n) is 4.68. The number of rotatable bonds is 2. The zero-order valence-corrected chi connectivity index (χ0v) is 8.52. The number of carboxylic acids is 1. The number of hydrogen-bond donors (Lipinski definition) is 1. The highest BCUT2D eigenvalue weighted by molar-refractivity contribution is 5.74. The third kappa shape index (κ3) is 2.22. The van der Waals surface area contributed by atoms with E-state index in [9.17, 15) is 13.6 Å². The zero-order chi connectivity index (χ0) is 11.0. The zero-order valence-electron chi connectivity index (χ0n) is 8.52. The van der Waals surface area contributed by atoms with Crippen LogP contribution in [0.4, 0.5) is 8.78 Å². The first kappa shape index (κ1) is 11.4. The van der Waals surface area contributed by atoms with Crippen LogP contribution in [-0.4, -0.2) is 17.0 Å². The van der Waals surface area contributed by atoms with E-state index in [4.69, 9.17) is 5.11 Å². The molecule has 0 aromatic rings. The van der Waals surface area contributed by atoms with Crippen LogP contribution in [0.1, 0.15) is 39.5 Å². The van der Waals surface area contributed by atoms with Gasteiger partial charge in [-0.1, -0.05) is 0 Å². The van der Waals surface area contributed by atoms with Gasteiger partial charge in [-0.05, 0) is 32.6 Å². The highest BCUT2D eigenvalue weighted by Crippen LogP contribution is 2.44. The summed E-state index contributed by atoms with van der Waals surface area (Å²) >= 11 is 0. The van der Waals surface area contributed by atoms with Crippen molar-refractivity contribution in [2.45, 2.75) is 45.5 Å². The number of alkyl halides is 2. The second-order valence-corrected chi connectivity index (χ2v) is 4.68. The summed E-state index contributed by atoms with van der Waals surface area (Å²) in [5.41, 5.74) is -1.04. The summed E-state index contributed by atoms with van der Waals surface area (Å²) in [4.78, 5) is 10.9. The summed E-state index contributed by atoms with van der Waals surface area (Å²) < 4.78 is 26.1. The molecule has 0 aromatic carbocycles. The lowest BCUT2D eigenvalue weighted by atomic mass is 9.70. The van der Waals surface area contributed by atoms with Crippen molar-refractivity contribution in [3.05, 3.63) is 0 Å². The van der Waals surface area contributed by atoms with Crippen LogP contribution in [0.15, 0.2) is 0 Å². The standard InChI is InChI=1S/C10H16F2O2/c1-9(2,8(13)14)7-4-3-5-10(11,12)6-7/h7H,3-6H2,1-2H3,(H,13,14). The molecule has 1 fully saturated rings. The summed E-state index contributed by atoms with van der Waals surface area (Å²) in [6.07, 6.45) is 0.634. The van der Waals surface area contributed by atoms with Gasteiger partial charge in [-0.25, -0.2) is 8.78 Å². The van der Waals surface area contributed by atoms with E-state index in [0.29, 0.717) is 12.8 Å². The highest BCUT2D eigenvalue weighted by atomic mass is 19.3. The van der Waals surface area contributed by atoms with Crippen molar-refractivity contribution >= 4 is 5.97 Å². The van der Waals surface area contributed by atoms with Crippen LogP contribution in [0.25, 0.3) is 0 Å². The van der Waals surface area contributed by atoms with Gasteiger partial charge in [-0.2, -0.15) is 0 Å². The molecule has 0 bridgehead atoms. The van der Waals surface area contributed by atoms with E-state index in [-0.39, 0.29) is 12.8 Å². The van der Waals surface area contributed by atoms with Crippen LogP contribution >= 0.6 is 0 Å². The Balaban J connectivity index is 2.74. The van der Waals surface area contributed by atoms with Gasteiger partial charge in [0.2, 0.25) is 5.92 Å². The average Bonchev–Trinajstić information content (AvgIpc) is 2.02. The molecular weight excluding hydrogens is 190 g/mol. The first-order valence-electron chi connectivity index (χ1n) is 4.87. The largest absolute Gasteiger partial charge is 0.481 e. The van der Waals surface area contributed by atoms with E-state index in [1.54, 1.807) is 0 Å². The Morgan fingerprint density at radius 2 is 2.07 bits per heavy atom. The first-order valence-corrected chi connectivity index (χ1v) is 4.87. The van der Waals surface area contributed by atoms with Gasteiger partial charge in [0.05, 0.1) is 5.41 Å². The molecule has 1 atom stereocenters. The Bertz CT molecular complexity index is 236. The van der Waals surface area contributed by atoms with Crippen LogP contribution in [0.5, 0.6) is 0 Å². The van der Waals surface area contributed by atoms with E-state index >= 15 is 0 Å². The van der Waals surface area contributed by atoms with Crippen molar-refractivity contribution in [3.63, 3.8) is 0 Å². The molecule has 1 N–H and O–H groups in total. The molecule has 1 aliphatic carbocycles. The molecule has 1 unspecified atom stereocenters. The van der Waals surface area contributed by atoms with Crippen molar-refractivity contribution in [1.82, 2.24) is 0 Å². The fourth-order valence-electron chi connectivity index (χ4n) is 1.96. The molecule has 1 rings (SSSR count). The number of carboxylic acid groups (broad SMARTS) is 1. The third-order valence-corrected chi connectivity index (χ3v) is 3.21. The maximum atomic E-state index is 13.1. The predicted molar refractivity (Wildman–Crippen MR) is 48.3 cm³/mol. The summed E-state index contributed by atoms with van der Waals surface area (Å²) in [7, 11) is 0. The highest BCUT2D eigenvalue weighted by Gasteiger charge is 2.45. The molecule has 1 saturated carbocycles. The van der Waals surface area contributed by atoms with Gasteiger partial charge in [0.25, 0.3) is 0 Å². The SMILES string of the molecule is CC(C)(C(=O)O)C1CCCC(F)(F)C1. The van der Waals surface area contributed by atoms with Crippen molar-refractivity contribution in [2.24, 2.45) is 11.3 Å². The van der Waals surface area contributed by atoms with Crippen LogP contribution in [0.3, 0.4) is 0 Å². The monoisotopic (exact) mass is 206 g/mol. The van der Waals surface area contributed by atoms with E-state index in [1.807, 2.05) is 0 Å². The van der Waals surface area contributed by atoms with E-state index in [2.05, 4.69) is 0 Å². The van der Waals surface area contributed by atoms with Crippen molar-refractivity contribution < 1.29 is 18.7 Å².